The number of nitrogens with one attached hydrogen (secondary N) is 1. The molecule has 0 radical (unpaired) electrons. The van der Waals surface area contributed by atoms with Gasteiger partial charge >= 0.3 is 0 Å². The predicted molar refractivity (Wildman–Crippen MR) is 73.1 cm³/mol. The van der Waals surface area contributed by atoms with E-state index in [1.807, 2.05) is 19.9 Å². The number of hydrogen-bond donors (Lipinski definition) is 1. The van der Waals surface area contributed by atoms with Crippen molar-refractivity contribution in [2.24, 2.45) is 7.05 Å². The van der Waals surface area contributed by atoms with Crippen LogP contribution in [0, 0.1) is 13.8 Å². The first-order valence-electron chi connectivity index (χ1n) is 5.94. The number of nitrogens with zero attached hydrogens (tertiary/aromatic N) is 2. The molecule has 0 aliphatic heterocycles. The molecule has 0 spiro atoms. The lowest BCUT2D eigenvalue weighted by molar-refractivity contribution is 0.577. The van der Waals surface area contributed by atoms with E-state index in [0.29, 0.717) is 0 Å². The molecule has 0 aliphatic carbocycles. The second kappa shape index (κ2) is 5.14. The van der Waals surface area contributed by atoms with Gasteiger partial charge in [0.05, 0.1) is 17.1 Å². The summed E-state index contributed by atoms with van der Waals surface area (Å²) in [6.45, 7) is 4.08. The highest BCUT2D eigenvalue weighted by Gasteiger charge is 2.14. The molecule has 1 N–H and O–H groups in total. The average molecular weight is 279 g/mol. The van der Waals surface area contributed by atoms with Crippen LogP contribution in [0.25, 0.3) is 0 Å². The predicted octanol–water partition coefficient (Wildman–Crippen LogP) is 1.52. The number of benzene rings is 1. The van der Waals surface area contributed by atoms with Crippen LogP contribution in [-0.4, -0.2) is 18.2 Å². The summed E-state index contributed by atoms with van der Waals surface area (Å²) in [5, 5.41) is 4.00. The van der Waals surface area contributed by atoms with Gasteiger partial charge in [0.2, 0.25) is 10.0 Å². The molecule has 0 fully saturated rings. The minimum absolute atomic E-state index is 0.228. The van der Waals surface area contributed by atoms with Crippen molar-refractivity contribution in [3.8, 4) is 0 Å². The Balaban J connectivity index is 2.18. The first-order chi connectivity index (χ1) is 8.90. The number of aromatic nitrogens is 2. The lowest BCUT2D eigenvalue weighted by atomic mass is 10.1. The summed E-state index contributed by atoms with van der Waals surface area (Å²) in [7, 11) is -1.71. The topological polar surface area (TPSA) is 64.0 Å². The third kappa shape index (κ3) is 3.02. The van der Waals surface area contributed by atoms with Crippen LogP contribution in [0.1, 0.15) is 16.8 Å². The van der Waals surface area contributed by atoms with Crippen molar-refractivity contribution in [1.82, 2.24) is 14.5 Å². The first kappa shape index (κ1) is 13.8. The summed E-state index contributed by atoms with van der Waals surface area (Å²) in [4.78, 5) is 0.290. The fraction of sp³-hybridized carbons (Fsp3) is 0.308. The third-order valence-corrected chi connectivity index (χ3v) is 4.55. The van der Waals surface area contributed by atoms with Crippen molar-refractivity contribution in [1.29, 1.82) is 0 Å². The number of hydrogen-bond acceptors (Lipinski definition) is 3. The molecule has 6 heteroatoms. The zero-order valence-corrected chi connectivity index (χ0v) is 12.0. The van der Waals surface area contributed by atoms with Crippen molar-refractivity contribution >= 4 is 10.0 Å². The minimum atomic E-state index is -3.48. The zero-order chi connectivity index (χ0) is 14.0. The highest BCUT2D eigenvalue weighted by Crippen LogP contribution is 2.14. The van der Waals surface area contributed by atoms with Crippen molar-refractivity contribution in [3.63, 3.8) is 0 Å². The second-order valence-corrected chi connectivity index (χ2v) is 6.28. The van der Waals surface area contributed by atoms with Crippen LogP contribution in [0.3, 0.4) is 0 Å². The van der Waals surface area contributed by atoms with E-state index in [2.05, 4.69) is 9.82 Å². The Morgan fingerprint density at radius 1 is 1.21 bits per heavy atom. The van der Waals surface area contributed by atoms with Crippen LogP contribution < -0.4 is 4.72 Å². The Labute approximate surface area is 113 Å². The van der Waals surface area contributed by atoms with Gasteiger partial charge in [-0.1, -0.05) is 6.07 Å². The smallest absolute Gasteiger partial charge is 0.240 e. The number of sulfonamides is 1. The highest BCUT2D eigenvalue weighted by atomic mass is 32.2. The Morgan fingerprint density at radius 2 is 1.95 bits per heavy atom. The standard InChI is InChI=1S/C13H17N3O2S/c1-10-4-5-13(8-11(10)2)19(17,18)15-9-12-6-7-14-16(12)3/h4-8,15H,9H2,1-3H3. The maximum absolute atomic E-state index is 12.2. The molecule has 19 heavy (non-hydrogen) atoms. The lowest BCUT2D eigenvalue weighted by Gasteiger charge is -2.08. The van der Waals surface area contributed by atoms with Gasteiger partial charge in [0.15, 0.2) is 0 Å². The van der Waals surface area contributed by atoms with Gasteiger partial charge < -0.3 is 0 Å². The molecule has 2 rings (SSSR count). The van der Waals surface area contributed by atoms with E-state index in [0.717, 1.165) is 16.8 Å². The van der Waals surface area contributed by atoms with Crippen LogP contribution in [0.15, 0.2) is 35.4 Å². The van der Waals surface area contributed by atoms with Crippen molar-refractivity contribution < 1.29 is 8.42 Å². The molecule has 0 atom stereocenters. The van der Waals surface area contributed by atoms with E-state index in [-0.39, 0.29) is 11.4 Å². The zero-order valence-electron chi connectivity index (χ0n) is 11.2. The molecule has 0 bridgehead atoms. The SMILES string of the molecule is Cc1ccc(S(=O)(=O)NCc2ccnn2C)cc1C. The molecule has 0 unspecified atom stereocenters. The van der Waals surface area contributed by atoms with E-state index < -0.39 is 10.0 Å². The first-order valence-corrected chi connectivity index (χ1v) is 7.42. The summed E-state index contributed by atoms with van der Waals surface area (Å²) >= 11 is 0. The molecule has 2 aromatic rings. The van der Waals surface area contributed by atoms with Gasteiger partial charge in [0.25, 0.3) is 0 Å². The molecule has 0 saturated heterocycles. The fourth-order valence-corrected chi connectivity index (χ4v) is 2.79. The molecular weight excluding hydrogens is 262 g/mol. The van der Waals surface area contributed by atoms with Gasteiger partial charge in [-0.15, -0.1) is 0 Å². The normalized spacial score (nSPS) is 11.7. The van der Waals surface area contributed by atoms with E-state index in [1.165, 1.54) is 0 Å². The van der Waals surface area contributed by atoms with Gasteiger partial charge in [-0.05, 0) is 43.2 Å². The fourth-order valence-electron chi connectivity index (χ4n) is 1.71. The Kier molecular flexibility index (Phi) is 3.73. The average Bonchev–Trinajstić information content (AvgIpc) is 2.76. The van der Waals surface area contributed by atoms with Gasteiger partial charge in [-0.25, -0.2) is 13.1 Å². The number of aryl methyl sites for hydroxylation is 3. The molecule has 1 heterocycles. The highest BCUT2D eigenvalue weighted by molar-refractivity contribution is 7.89. The van der Waals surface area contributed by atoms with Crippen molar-refractivity contribution in [2.45, 2.75) is 25.3 Å². The van der Waals surface area contributed by atoms with Crippen LogP contribution in [0.4, 0.5) is 0 Å². The monoisotopic (exact) mass is 279 g/mol. The summed E-state index contributed by atoms with van der Waals surface area (Å²) in [6.07, 6.45) is 1.64. The molecule has 0 amide bonds. The van der Waals surface area contributed by atoms with E-state index in [4.69, 9.17) is 0 Å². The van der Waals surface area contributed by atoms with Gasteiger partial charge in [-0.2, -0.15) is 5.10 Å². The van der Waals surface area contributed by atoms with Crippen LogP contribution in [0.5, 0.6) is 0 Å². The van der Waals surface area contributed by atoms with Gasteiger partial charge in [0.1, 0.15) is 0 Å². The maximum Gasteiger partial charge on any atom is 0.240 e. The molecular formula is C13H17N3O2S. The van der Waals surface area contributed by atoms with E-state index in [1.54, 1.807) is 36.1 Å². The molecule has 1 aromatic heterocycles. The third-order valence-electron chi connectivity index (χ3n) is 3.15. The molecule has 1 aromatic carbocycles. The summed E-state index contributed by atoms with van der Waals surface area (Å²) < 4.78 is 28.5. The quantitative estimate of drug-likeness (QED) is 0.922. The van der Waals surface area contributed by atoms with Crippen molar-refractivity contribution in [3.05, 3.63) is 47.3 Å². The Hall–Kier alpha value is -1.66. The Morgan fingerprint density at radius 3 is 2.53 bits per heavy atom. The van der Waals surface area contributed by atoms with Gasteiger partial charge in [0, 0.05) is 13.2 Å². The Bertz CT molecular complexity index is 690. The van der Waals surface area contributed by atoms with E-state index in [9.17, 15) is 8.42 Å². The molecule has 0 saturated carbocycles. The van der Waals surface area contributed by atoms with Gasteiger partial charge in [-0.3, -0.25) is 4.68 Å². The maximum atomic E-state index is 12.2. The van der Waals surface area contributed by atoms with E-state index >= 15 is 0 Å². The summed E-state index contributed by atoms with van der Waals surface area (Å²) in [5.41, 5.74) is 2.85. The summed E-state index contributed by atoms with van der Waals surface area (Å²) in [5.74, 6) is 0. The largest absolute Gasteiger partial charge is 0.271 e. The summed E-state index contributed by atoms with van der Waals surface area (Å²) in [6, 6.07) is 6.89. The van der Waals surface area contributed by atoms with Crippen LogP contribution >= 0.6 is 0 Å². The molecule has 0 aliphatic rings. The lowest BCUT2D eigenvalue weighted by Crippen LogP contribution is -2.24. The molecule has 102 valence electrons. The number of rotatable bonds is 4. The van der Waals surface area contributed by atoms with Crippen LogP contribution in [0.2, 0.25) is 0 Å². The van der Waals surface area contributed by atoms with Crippen LogP contribution in [-0.2, 0) is 23.6 Å². The van der Waals surface area contributed by atoms with Crippen molar-refractivity contribution in [2.75, 3.05) is 0 Å². The minimum Gasteiger partial charge on any atom is -0.271 e. The second-order valence-electron chi connectivity index (χ2n) is 4.52. The molecule has 5 nitrogen and oxygen atoms in total.